The van der Waals surface area contributed by atoms with Crippen LogP contribution in [0.15, 0.2) is 48.5 Å². The maximum Gasteiger partial charge on any atom is 0.181 e. The van der Waals surface area contributed by atoms with Gasteiger partial charge in [0.15, 0.2) is 5.82 Å². The highest BCUT2D eigenvalue weighted by Gasteiger charge is 2.08. The van der Waals surface area contributed by atoms with Crippen LogP contribution in [0.25, 0.3) is 11.4 Å². The van der Waals surface area contributed by atoms with Crippen molar-refractivity contribution in [1.82, 2.24) is 15.2 Å². The van der Waals surface area contributed by atoms with Crippen LogP contribution >= 0.6 is 0 Å². The molecule has 0 aliphatic heterocycles. The molecule has 1 heterocycles. The lowest BCUT2D eigenvalue weighted by atomic mass is 10.1. The van der Waals surface area contributed by atoms with Gasteiger partial charge < -0.3 is 5.11 Å². The standard InChI is InChI=1S/C17H17N3O/c1-12-7-9-14(11-15(12)21)17-18-16(19-20-17)10-8-13-5-3-2-4-6-13/h2-7,9,11,21H,8,10H2,1H3,(H,18,19,20). The number of phenolic OH excluding ortho intramolecular Hbond substituents is 1. The number of aromatic amines is 1. The number of hydrogen-bond acceptors (Lipinski definition) is 3. The molecule has 0 saturated heterocycles. The molecule has 0 saturated carbocycles. The van der Waals surface area contributed by atoms with Crippen molar-refractivity contribution in [3.63, 3.8) is 0 Å². The number of benzene rings is 2. The van der Waals surface area contributed by atoms with E-state index in [0.29, 0.717) is 5.82 Å². The fraction of sp³-hybridized carbons (Fsp3) is 0.176. The van der Waals surface area contributed by atoms with Crippen molar-refractivity contribution in [3.05, 3.63) is 65.5 Å². The summed E-state index contributed by atoms with van der Waals surface area (Å²) in [6.07, 6.45) is 1.74. The Balaban J connectivity index is 1.72. The molecule has 0 fully saturated rings. The first-order valence-electron chi connectivity index (χ1n) is 6.97. The van der Waals surface area contributed by atoms with E-state index in [1.807, 2.05) is 37.3 Å². The lowest BCUT2D eigenvalue weighted by Crippen LogP contribution is -1.93. The van der Waals surface area contributed by atoms with Gasteiger partial charge in [-0.15, -0.1) is 0 Å². The van der Waals surface area contributed by atoms with Crippen LogP contribution in [0.1, 0.15) is 17.0 Å². The second-order valence-electron chi connectivity index (χ2n) is 5.09. The number of aromatic nitrogens is 3. The number of hydrogen-bond donors (Lipinski definition) is 2. The fourth-order valence-corrected chi connectivity index (χ4v) is 2.19. The molecule has 4 nitrogen and oxygen atoms in total. The second-order valence-corrected chi connectivity index (χ2v) is 5.09. The maximum absolute atomic E-state index is 9.75. The fourth-order valence-electron chi connectivity index (χ4n) is 2.19. The number of aryl methyl sites for hydroxylation is 3. The van der Waals surface area contributed by atoms with Crippen LogP contribution in [-0.4, -0.2) is 20.3 Å². The molecule has 0 radical (unpaired) electrons. The van der Waals surface area contributed by atoms with E-state index >= 15 is 0 Å². The summed E-state index contributed by atoms with van der Waals surface area (Å²) in [5.74, 6) is 1.74. The van der Waals surface area contributed by atoms with Gasteiger partial charge in [0.2, 0.25) is 0 Å². The van der Waals surface area contributed by atoms with E-state index < -0.39 is 0 Å². The largest absolute Gasteiger partial charge is 0.508 e. The predicted molar refractivity (Wildman–Crippen MR) is 82.1 cm³/mol. The summed E-state index contributed by atoms with van der Waals surface area (Å²) >= 11 is 0. The van der Waals surface area contributed by atoms with E-state index in [1.54, 1.807) is 6.07 Å². The van der Waals surface area contributed by atoms with Crippen molar-refractivity contribution in [2.24, 2.45) is 0 Å². The van der Waals surface area contributed by atoms with Crippen molar-refractivity contribution in [3.8, 4) is 17.1 Å². The summed E-state index contributed by atoms with van der Waals surface area (Å²) in [5, 5.41) is 16.9. The summed E-state index contributed by atoms with van der Waals surface area (Å²) in [6.45, 7) is 1.86. The number of H-pyrrole nitrogens is 1. The third-order valence-electron chi connectivity index (χ3n) is 3.49. The molecule has 2 aromatic carbocycles. The van der Waals surface area contributed by atoms with Crippen LogP contribution < -0.4 is 0 Å². The van der Waals surface area contributed by atoms with Gasteiger partial charge in [0.05, 0.1) is 0 Å². The van der Waals surface area contributed by atoms with Crippen LogP contribution in [0, 0.1) is 6.92 Å². The van der Waals surface area contributed by atoms with Gasteiger partial charge in [0, 0.05) is 12.0 Å². The Labute approximate surface area is 123 Å². The molecular weight excluding hydrogens is 262 g/mol. The summed E-state index contributed by atoms with van der Waals surface area (Å²) in [6, 6.07) is 15.8. The zero-order valence-electron chi connectivity index (χ0n) is 11.9. The molecule has 1 aromatic heterocycles. The third-order valence-corrected chi connectivity index (χ3v) is 3.49. The third kappa shape index (κ3) is 3.11. The summed E-state index contributed by atoms with van der Waals surface area (Å²) < 4.78 is 0. The zero-order chi connectivity index (χ0) is 14.7. The van der Waals surface area contributed by atoms with Crippen molar-refractivity contribution < 1.29 is 5.11 Å². The number of aromatic hydroxyl groups is 1. The minimum atomic E-state index is 0.267. The number of phenols is 1. The predicted octanol–water partition coefficient (Wildman–Crippen LogP) is 3.27. The van der Waals surface area contributed by atoms with E-state index in [9.17, 15) is 5.11 Å². The monoisotopic (exact) mass is 279 g/mol. The number of rotatable bonds is 4. The van der Waals surface area contributed by atoms with E-state index in [4.69, 9.17) is 0 Å². The van der Waals surface area contributed by atoms with E-state index in [0.717, 1.165) is 29.8 Å². The highest BCUT2D eigenvalue weighted by Crippen LogP contribution is 2.23. The molecule has 106 valence electrons. The van der Waals surface area contributed by atoms with Crippen LogP contribution in [0.3, 0.4) is 0 Å². The SMILES string of the molecule is Cc1ccc(-c2n[nH]c(CCc3ccccc3)n2)cc1O. The lowest BCUT2D eigenvalue weighted by Gasteiger charge is -2.00. The van der Waals surface area contributed by atoms with E-state index in [2.05, 4.69) is 27.3 Å². The Kier molecular flexibility index (Phi) is 3.69. The first kappa shape index (κ1) is 13.4. The molecule has 0 atom stereocenters. The summed E-state index contributed by atoms with van der Waals surface area (Å²) in [5.41, 5.74) is 2.95. The Morgan fingerprint density at radius 2 is 1.86 bits per heavy atom. The Morgan fingerprint density at radius 3 is 2.62 bits per heavy atom. The molecule has 0 spiro atoms. The van der Waals surface area contributed by atoms with Crippen molar-refractivity contribution >= 4 is 0 Å². The molecular formula is C17H17N3O. The molecule has 3 aromatic rings. The van der Waals surface area contributed by atoms with Crippen molar-refractivity contribution in [1.29, 1.82) is 0 Å². The van der Waals surface area contributed by atoms with Crippen molar-refractivity contribution in [2.45, 2.75) is 19.8 Å². The topological polar surface area (TPSA) is 61.8 Å². The summed E-state index contributed by atoms with van der Waals surface area (Å²) in [7, 11) is 0. The first-order valence-corrected chi connectivity index (χ1v) is 6.97. The highest BCUT2D eigenvalue weighted by atomic mass is 16.3. The highest BCUT2D eigenvalue weighted by molar-refractivity contribution is 5.58. The molecule has 21 heavy (non-hydrogen) atoms. The molecule has 0 bridgehead atoms. The maximum atomic E-state index is 9.75. The van der Waals surface area contributed by atoms with Gasteiger partial charge in [-0.2, -0.15) is 5.10 Å². The van der Waals surface area contributed by atoms with Crippen LogP contribution in [-0.2, 0) is 12.8 Å². The second kappa shape index (κ2) is 5.79. The van der Waals surface area contributed by atoms with Crippen LogP contribution in [0.4, 0.5) is 0 Å². The van der Waals surface area contributed by atoms with Crippen LogP contribution in [0.2, 0.25) is 0 Å². The van der Waals surface area contributed by atoms with Crippen molar-refractivity contribution in [2.75, 3.05) is 0 Å². The Hall–Kier alpha value is -2.62. The van der Waals surface area contributed by atoms with E-state index in [1.165, 1.54) is 5.56 Å². The first-order chi connectivity index (χ1) is 10.2. The van der Waals surface area contributed by atoms with Gasteiger partial charge in [0.25, 0.3) is 0 Å². The van der Waals surface area contributed by atoms with Gasteiger partial charge in [-0.05, 0) is 30.5 Å². The van der Waals surface area contributed by atoms with Gasteiger partial charge in [-0.25, -0.2) is 4.98 Å². The minimum absolute atomic E-state index is 0.267. The molecule has 0 unspecified atom stereocenters. The Morgan fingerprint density at radius 1 is 1.05 bits per heavy atom. The van der Waals surface area contributed by atoms with Crippen LogP contribution in [0.5, 0.6) is 5.75 Å². The Bertz CT molecular complexity index is 735. The summed E-state index contributed by atoms with van der Waals surface area (Å²) in [4.78, 5) is 4.49. The average Bonchev–Trinajstić information content (AvgIpc) is 2.98. The molecule has 0 aliphatic rings. The zero-order valence-corrected chi connectivity index (χ0v) is 11.9. The molecule has 0 amide bonds. The molecule has 2 N–H and O–H groups in total. The molecule has 4 heteroatoms. The normalized spacial score (nSPS) is 10.7. The smallest absolute Gasteiger partial charge is 0.181 e. The van der Waals surface area contributed by atoms with E-state index in [-0.39, 0.29) is 5.75 Å². The molecule has 3 rings (SSSR count). The minimum Gasteiger partial charge on any atom is -0.508 e. The van der Waals surface area contributed by atoms with Gasteiger partial charge in [0.1, 0.15) is 11.6 Å². The van der Waals surface area contributed by atoms with Gasteiger partial charge in [-0.1, -0.05) is 42.5 Å². The quantitative estimate of drug-likeness (QED) is 0.770. The molecule has 0 aliphatic carbocycles. The lowest BCUT2D eigenvalue weighted by molar-refractivity contribution is 0.471. The van der Waals surface area contributed by atoms with Gasteiger partial charge >= 0.3 is 0 Å². The van der Waals surface area contributed by atoms with Gasteiger partial charge in [-0.3, -0.25) is 5.10 Å². The number of nitrogens with one attached hydrogen (secondary N) is 1. The average molecular weight is 279 g/mol. The number of nitrogens with zero attached hydrogens (tertiary/aromatic N) is 2.